The van der Waals surface area contributed by atoms with Crippen LogP contribution in [0.2, 0.25) is 0 Å². The average molecular weight is 265 g/mol. The van der Waals surface area contributed by atoms with E-state index in [2.05, 4.69) is 5.32 Å². The highest BCUT2D eigenvalue weighted by atomic mass is 35.5. The summed E-state index contributed by atoms with van der Waals surface area (Å²) in [5.74, 6) is 0. The van der Waals surface area contributed by atoms with Crippen LogP contribution >= 0.6 is 12.4 Å². The predicted octanol–water partition coefficient (Wildman–Crippen LogP) is 2.47. The standard InChI is InChI=1S/C13H16N4.ClH/c14-10-2-1-3-13(7-10)17-8-9-4-11(15)6-12(16)5-9;/h1-7,17H,8,14-16H2;1H. The number of nitrogens with one attached hydrogen (secondary N) is 1. The van der Waals surface area contributed by atoms with Crippen molar-refractivity contribution in [2.75, 3.05) is 22.5 Å². The van der Waals surface area contributed by atoms with Crippen LogP contribution in [0.1, 0.15) is 5.56 Å². The van der Waals surface area contributed by atoms with Crippen LogP contribution in [0.3, 0.4) is 0 Å². The van der Waals surface area contributed by atoms with Gasteiger partial charge in [-0.15, -0.1) is 12.4 Å². The Morgan fingerprint density at radius 3 is 2.11 bits per heavy atom. The molecule has 0 amide bonds. The third kappa shape index (κ3) is 3.75. The number of halogens is 1. The van der Waals surface area contributed by atoms with Crippen LogP contribution in [0.15, 0.2) is 42.5 Å². The Balaban J connectivity index is 0.00000162. The third-order valence-corrected chi connectivity index (χ3v) is 2.42. The molecule has 0 spiro atoms. The molecular weight excluding hydrogens is 248 g/mol. The van der Waals surface area contributed by atoms with Crippen molar-refractivity contribution in [1.82, 2.24) is 0 Å². The van der Waals surface area contributed by atoms with Crippen LogP contribution in [0.25, 0.3) is 0 Å². The summed E-state index contributed by atoms with van der Waals surface area (Å²) in [7, 11) is 0. The fourth-order valence-electron chi connectivity index (χ4n) is 1.70. The molecule has 0 heterocycles. The quantitative estimate of drug-likeness (QED) is 0.641. The number of rotatable bonds is 3. The van der Waals surface area contributed by atoms with E-state index in [1.165, 1.54) is 0 Å². The van der Waals surface area contributed by atoms with Gasteiger partial charge in [0.25, 0.3) is 0 Å². The molecule has 0 fully saturated rings. The summed E-state index contributed by atoms with van der Waals surface area (Å²) in [6, 6.07) is 13.1. The summed E-state index contributed by atoms with van der Waals surface area (Å²) in [6.45, 7) is 0.665. The minimum Gasteiger partial charge on any atom is -0.399 e. The highest BCUT2D eigenvalue weighted by Crippen LogP contribution is 2.16. The Morgan fingerprint density at radius 1 is 0.833 bits per heavy atom. The minimum absolute atomic E-state index is 0. The van der Waals surface area contributed by atoms with Gasteiger partial charge in [-0.05, 0) is 42.0 Å². The van der Waals surface area contributed by atoms with Crippen molar-refractivity contribution in [2.24, 2.45) is 0 Å². The minimum atomic E-state index is 0. The van der Waals surface area contributed by atoms with Crippen molar-refractivity contribution in [2.45, 2.75) is 6.54 Å². The van der Waals surface area contributed by atoms with Gasteiger partial charge in [-0.25, -0.2) is 0 Å². The van der Waals surface area contributed by atoms with E-state index in [9.17, 15) is 0 Å². The normalized spacial score (nSPS) is 9.56. The lowest BCUT2D eigenvalue weighted by Gasteiger charge is -2.08. The summed E-state index contributed by atoms with van der Waals surface area (Å²) < 4.78 is 0. The number of anilines is 4. The Bertz CT molecular complexity index is 508. The van der Waals surface area contributed by atoms with Crippen LogP contribution in [0.5, 0.6) is 0 Å². The monoisotopic (exact) mass is 264 g/mol. The first-order valence-corrected chi connectivity index (χ1v) is 5.38. The molecule has 0 atom stereocenters. The first-order chi connectivity index (χ1) is 8.13. The highest BCUT2D eigenvalue weighted by Gasteiger charge is 1.97. The van der Waals surface area contributed by atoms with Crippen LogP contribution in [0.4, 0.5) is 22.7 Å². The molecule has 2 aromatic rings. The van der Waals surface area contributed by atoms with E-state index in [0.29, 0.717) is 17.9 Å². The molecule has 0 aliphatic rings. The third-order valence-electron chi connectivity index (χ3n) is 2.42. The molecule has 0 aliphatic heterocycles. The zero-order chi connectivity index (χ0) is 12.3. The van der Waals surface area contributed by atoms with Crippen molar-refractivity contribution in [1.29, 1.82) is 0 Å². The van der Waals surface area contributed by atoms with E-state index in [-0.39, 0.29) is 12.4 Å². The molecule has 0 aromatic heterocycles. The molecule has 0 saturated heterocycles. The molecule has 0 bridgehead atoms. The van der Waals surface area contributed by atoms with Gasteiger partial charge in [-0.3, -0.25) is 0 Å². The van der Waals surface area contributed by atoms with Gasteiger partial charge in [-0.1, -0.05) is 6.07 Å². The first kappa shape index (κ1) is 14.0. The first-order valence-electron chi connectivity index (χ1n) is 5.38. The van der Waals surface area contributed by atoms with Gasteiger partial charge in [0.2, 0.25) is 0 Å². The number of nitrogens with two attached hydrogens (primary N) is 3. The van der Waals surface area contributed by atoms with E-state index in [4.69, 9.17) is 17.2 Å². The van der Waals surface area contributed by atoms with Gasteiger partial charge < -0.3 is 22.5 Å². The SMILES string of the molecule is Cl.Nc1cc(N)cc(CNc2cccc(N)c2)c1. The fourth-order valence-corrected chi connectivity index (χ4v) is 1.70. The summed E-state index contributed by atoms with van der Waals surface area (Å²) in [5, 5.41) is 3.27. The molecule has 2 aromatic carbocycles. The van der Waals surface area contributed by atoms with E-state index < -0.39 is 0 Å². The maximum absolute atomic E-state index is 5.72. The van der Waals surface area contributed by atoms with Gasteiger partial charge in [0.1, 0.15) is 0 Å². The molecule has 2 rings (SSSR count). The number of benzene rings is 2. The molecule has 96 valence electrons. The largest absolute Gasteiger partial charge is 0.399 e. The van der Waals surface area contributed by atoms with Gasteiger partial charge in [0, 0.05) is 29.3 Å². The Labute approximate surface area is 113 Å². The Hall–Kier alpha value is -2.07. The van der Waals surface area contributed by atoms with Crippen molar-refractivity contribution >= 4 is 35.2 Å². The second-order valence-corrected chi connectivity index (χ2v) is 3.99. The molecule has 0 radical (unpaired) electrons. The fraction of sp³-hybridized carbons (Fsp3) is 0.0769. The smallest absolute Gasteiger partial charge is 0.0402 e. The lowest BCUT2D eigenvalue weighted by Crippen LogP contribution is -2.02. The second-order valence-electron chi connectivity index (χ2n) is 3.99. The molecule has 0 saturated carbocycles. The molecule has 0 unspecified atom stereocenters. The molecule has 18 heavy (non-hydrogen) atoms. The number of hydrogen-bond donors (Lipinski definition) is 4. The lowest BCUT2D eigenvalue weighted by molar-refractivity contribution is 1.15. The van der Waals surface area contributed by atoms with Crippen molar-refractivity contribution in [3.05, 3.63) is 48.0 Å². The van der Waals surface area contributed by atoms with Crippen molar-refractivity contribution in [3.63, 3.8) is 0 Å². The van der Waals surface area contributed by atoms with Gasteiger partial charge in [0.15, 0.2) is 0 Å². The van der Waals surface area contributed by atoms with E-state index in [0.717, 1.165) is 16.9 Å². The summed E-state index contributed by atoms with van der Waals surface area (Å²) in [5.41, 5.74) is 21.3. The van der Waals surface area contributed by atoms with Crippen molar-refractivity contribution in [3.8, 4) is 0 Å². The molecule has 0 aliphatic carbocycles. The van der Waals surface area contributed by atoms with E-state index >= 15 is 0 Å². The van der Waals surface area contributed by atoms with E-state index in [1.54, 1.807) is 6.07 Å². The topological polar surface area (TPSA) is 90.1 Å². The zero-order valence-electron chi connectivity index (χ0n) is 9.89. The summed E-state index contributed by atoms with van der Waals surface area (Å²) in [6.07, 6.45) is 0. The van der Waals surface area contributed by atoms with Gasteiger partial charge in [-0.2, -0.15) is 0 Å². The number of hydrogen-bond acceptors (Lipinski definition) is 4. The van der Waals surface area contributed by atoms with Gasteiger partial charge in [0.05, 0.1) is 0 Å². The van der Waals surface area contributed by atoms with Crippen LogP contribution < -0.4 is 22.5 Å². The maximum Gasteiger partial charge on any atom is 0.0402 e. The van der Waals surface area contributed by atoms with Crippen LogP contribution in [0, 0.1) is 0 Å². The average Bonchev–Trinajstić information content (AvgIpc) is 2.25. The molecular formula is C13H17ClN4. The maximum atomic E-state index is 5.72. The van der Waals surface area contributed by atoms with Crippen LogP contribution in [-0.2, 0) is 6.54 Å². The Kier molecular flexibility index (Phi) is 4.68. The molecule has 4 nitrogen and oxygen atoms in total. The molecule has 7 N–H and O–H groups in total. The van der Waals surface area contributed by atoms with E-state index in [1.807, 2.05) is 36.4 Å². The van der Waals surface area contributed by atoms with Crippen LogP contribution in [-0.4, -0.2) is 0 Å². The number of nitrogen functional groups attached to an aromatic ring is 3. The summed E-state index contributed by atoms with van der Waals surface area (Å²) >= 11 is 0. The predicted molar refractivity (Wildman–Crippen MR) is 80.7 cm³/mol. The van der Waals surface area contributed by atoms with Gasteiger partial charge >= 0.3 is 0 Å². The molecule has 5 heteroatoms. The highest BCUT2D eigenvalue weighted by molar-refractivity contribution is 5.85. The lowest BCUT2D eigenvalue weighted by atomic mass is 10.1. The second kappa shape index (κ2) is 6.02. The van der Waals surface area contributed by atoms with Crippen molar-refractivity contribution < 1.29 is 0 Å². The Morgan fingerprint density at radius 2 is 1.50 bits per heavy atom. The zero-order valence-corrected chi connectivity index (χ0v) is 10.7. The summed E-state index contributed by atoms with van der Waals surface area (Å²) in [4.78, 5) is 0.